The number of hydrogen-bond donors (Lipinski definition) is 2. The quantitative estimate of drug-likeness (QED) is 0.711. The molecular formula is C23H36O4. The molecule has 1 fully saturated rings. The van der Waals surface area contributed by atoms with E-state index >= 15 is 0 Å². The lowest BCUT2D eigenvalue weighted by Gasteiger charge is -2.57. The van der Waals surface area contributed by atoms with Crippen molar-refractivity contribution in [1.82, 2.24) is 0 Å². The van der Waals surface area contributed by atoms with Gasteiger partial charge in [0, 0.05) is 0 Å². The van der Waals surface area contributed by atoms with E-state index in [0.717, 1.165) is 32.1 Å². The van der Waals surface area contributed by atoms with Crippen LogP contribution < -0.4 is 0 Å². The van der Waals surface area contributed by atoms with Gasteiger partial charge in [-0.25, -0.2) is 0 Å². The number of aliphatic hydroxyl groups excluding tert-OH is 2. The Hall–Kier alpha value is -1.13. The molecule has 0 radical (unpaired) electrons. The second kappa shape index (κ2) is 7.71. The van der Waals surface area contributed by atoms with Crippen molar-refractivity contribution in [3.63, 3.8) is 0 Å². The van der Waals surface area contributed by atoms with Crippen molar-refractivity contribution in [2.45, 2.75) is 72.3 Å². The third kappa shape index (κ3) is 3.63. The number of carbonyl (C=O) groups excluding carboxylic acids is 1. The molecular weight excluding hydrogens is 340 g/mol. The van der Waals surface area contributed by atoms with Gasteiger partial charge >= 0.3 is 5.97 Å². The van der Waals surface area contributed by atoms with E-state index < -0.39 is 11.5 Å². The van der Waals surface area contributed by atoms with E-state index in [1.54, 1.807) is 5.57 Å². The van der Waals surface area contributed by atoms with E-state index in [9.17, 15) is 9.90 Å². The van der Waals surface area contributed by atoms with Crippen molar-refractivity contribution in [1.29, 1.82) is 0 Å². The maximum atomic E-state index is 13.0. The first-order valence-electron chi connectivity index (χ1n) is 10.6. The molecule has 3 aliphatic carbocycles. The number of aliphatic hydroxyl groups is 2. The Bertz CT molecular complexity index is 634. The van der Waals surface area contributed by atoms with Crippen LogP contribution in [-0.4, -0.2) is 35.5 Å². The third-order valence-electron chi connectivity index (χ3n) is 7.66. The molecule has 0 aromatic rings. The second-order valence-corrected chi connectivity index (χ2v) is 9.67. The minimum atomic E-state index is -0.997. The summed E-state index contributed by atoms with van der Waals surface area (Å²) < 4.78 is 5.43. The van der Waals surface area contributed by atoms with Gasteiger partial charge in [0.25, 0.3) is 0 Å². The summed E-state index contributed by atoms with van der Waals surface area (Å²) in [6.45, 7) is 8.48. The molecule has 3 aliphatic rings. The topological polar surface area (TPSA) is 66.8 Å². The molecule has 27 heavy (non-hydrogen) atoms. The van der Waals surface area contributed by atoms with Crippen LogP contribution >= 0.6 is 0 Å². The Morgan fingerprint density at radius 1 is 1.33 bits per heavy atom. The fourth-order valence-corrected chi connectivity index (χ4v) is 5.98. The standard InChI is InChI=1S/C23H36O4/c1-15(2)16-6-8-19-17(12-16)7-9-20-22(19,3)10-5-11-23(20,4)21(26)27-14-18(25)13-24/h7,12,15,18-20,24-25H,5-6,8-11,13-14H2,1-4H3/t18?,19-,20?,22+,23+/m0/s1. The van der Waals surface area contributed by atoms with Crippen LogP contribution in [0.3, 0.4) is 0 Å². The molecule has 0 saturated heterocycles. The zero-order valence-electron chi connectivity index (χ0n) is 17.3. The van der Waals surface area contributed by atoms with Crippen molar-refractivity contribution in [2.75, 3.05) is 13.2 Å². The number of allylic oxidation sites excluding steroid dienone is 4. The minimum Gasteiger partial charge on any atom is -0.462 e. The van der Waals surface area contributed by atoms with Crippen LogP contribution in [0.2, 0.25) is 0 Å². The van der Waals surface area contributed by atoms with Crippen molar-refractivity contribution < 1.29 is 19.7 Å². The summed E-state index contributed by atoms with van der Waals surface area (Å²) in [5.41, 5.74) is 2.63. The fraction of sp³-hybridized carbons (Fsp3) is 0.783. The van der Waals surface area contributed by atoms with Crippen LogP contribution in [0, 0.1) is 28.6 Å². The first-order valence-corrected chi connectivity index (χ1v) is 10.6. The van der Waals surface area contributed by atoms with E-state index in [1.165, 1.54) is 12.0 Å². The lowest BCUT2D eigenvalue weighted by Crippen LogP contribution is -2.53. The van der Waals surface area contributed by atoms with Gasteiger partial charge < -0.3 is 14.9 Å². The van der Waals surface area contributed by atoms with Crippen LogP contribution in [0.4, 0.5) is 0 Å². The van der Waals surface area contributed by atoms with Crippen LogP contribution in [0.25, 0.3) is 0 Å². The van der Waals surface area contributed by atoms with Gasteiger partial charge in [-0.1, -0.05) is 44.9 Å². The van der Waals surface area contributed by atoms with Gasteiger partial charge in [0.05, 0.1) is 12.0 Å². The van der Waals surface area contributed by atoms with Crippen molar-refractivity contribution >= 4 is 5.97 Å². The van der Waals surface area contributed by atoms with E-state index in [2.05, 4.69) is 39.8 Å². The van der Waals surface area contributed by atoms with Crippen molar-refractivity contribution in [3.05, 3.63) is 23.3 Å². The number of carbonyl (C=O) groups is 1. The van der Waals surface area contributed by atoms with Gasteiger partial charge in [-0.3, -0.25) is 4.79 Å². The van der Waals surface area contributed by atoms with E-state index in [-0.39, 0.29) is 30.5 Å². The molecule has 2 N–H and O–H groups in total. The van der Waals surface area contributed by atoms with Crippen molar-refractivity contribution in [3.8, 4) is 0 Å². The molecule has 4 nitrogen and oxygen atoms in total. The molecule has 5 atom stereocenters. The summed E-state index contributed by atoms with van der Waals surface area (Å²) in [7, 11) is 0. The molecule has 0 bridgehead atoms. The first-order chi connectivity index (χ1) is 12.7. The molecule has 0 aromatic carbocycles. The highest BCUT2D eigenvalue weighted by molar-refractivity contribution is 5.77. The Kier molecular flexibility index (Phi) is 5.88. The van der Waals surface area contributed by atoms with Crippen LogP contribution in [0.15, 0.2) is 23.3 Å². The van der Waals surface area contributed by atoms with Crippen molar-refractivity contribution in [2.24, 2.45) is 28.6 Å². The zero-order valence-corrected chi connectivity index (χ0v) is 17.3. The zero-order chi connectivity index (χ0) is 19.8. The van der Waals surface area contributed by atoms with E-state index in [4.69, 9.17) is 9.84 Å². The van der Waals surface area contributed by atoms with Gasteiger partial charge in [0.1, 0.15) is 12.7 Å². The normalized spacial score (nSPS) is 37.0. The molecule has 0 spiro atoms. The maximum Gasteiger partial charge on any atom is 0.312 e. The molecule has 4 heteroatoms. The average Bonchev–Trinajstić information content (AvgIpc) is 2.65. The number of fused-ring (bicyclic) bond motifs is 3. The summed E-state index contributed by atoms with van der Waals surface area (Å²) in [6, 6.07) is 0. The Morgan fingerprint density at radius 3 is 2.74 bits per heavy atom. The Morgan fingerprint density at radius 2 is 2.07 bits per heavy atom. The highest BCUT2D eigenvalue weighted by atomic mass is 16.5. The Labute approximate surface area is 163 Å². The van der Waals surface area contributed by atoms with Gasteiger partial charge in [0.15, 0.2) is 0 Å². The average molecular weight is 377 g/mol. The van der Waals surface area contributed by atoms with Crippen LogP contribution in [-0.2, 0) is 9.53 Å². The molecule has 152 valence electrons. The summed E-state index contributed by atoms with van der Waals surface area (Å²) in [5, 5.41) is 18.5. The lowest BCUT2D eigenvalue weighted by molar-refractivity contribution is -0.172. The molecule has 0 aromatic heterocycles. The highest BCUT2D eigenvalue weighted by Crippen LogP contribution is 2.62. The summed E-state index contributed by atoms with van der Waals surface area (Å²) >= 11 is 0. The fourth-order valence-electron chi connectivity index (χ4n) is 5.98. The third-order valence-corrected chi connectivity index (χ3v) is 7.66. The SMILES string of the molecule is CC(C)C1=CC2=CCC3[C@](C)(C(=O)OCC(O)CO)CCC[C@]3(C)[C@H]2CC1. The van der Waals surface area contributed by atoms with Gasteiger partial charge in [-0.15, -0.1) is 0 Å². The summed E-state index contributed by atoms with van der Waals surface area (Å²) in [6.07, 6.45) is 10.1. The number of ether oxygens (including phenoxy) is 1. The molecule has 0 aliphatic heterocycles. The molecule has 0 heterocycles. The first kappa shape index (κ1) is 20.6. The van der Waals surface area contributed by atoms with E-state index in [1.807, 2.05) is 0 Å². The predicted molar refractivity (Wildman–Crippen MR) is 106 cm³/mol. The molecule has 0 amide bonds. The molecule has 1 saturated carbocycles. The smallest absolute Gasteiger partial charge is 0.312 e. The monoisotopic (exact) mass is 376 g/mol. The Balaban J connectivity index is 1.85. The largest absolute Gasteiger partial charge is 0.462 e. The summed E-state index contributed by atoms with van der Waals surface area (Å²) in [5.74, 6) is 1.17. The number of hydrogen-bond acceptors (Lipinski definition) is 4. The van der Waals surface area contributed by atoms with Gasteiger partial charge in [0.2, 0.25) is 0 Å². The lowest BCUT2D eigenvalue weighted by atomic mass is 9.47. The predicted octanol–water partition coefficient (Wildman–Crippen LogP) is 4.02. The summed E-state index contributed by atoms with van der Waals surface area (Å²) in [4.78, 5) is 13.0. The van der Waals surface area contributed by atoms with E-state index in [0.29, 0.717) is 11.8 Å². The maximum absolute atomic E-state index is 13.0. The van der Waals surface area contributed by atoms with Gasteiger partial charge in [-0.2, -0.15) is 0 Å². The highest BCUT2D eigenvalue weighted by Gasteiger charge is 2.57. The second-order valence-electron chi connectivity index (χ2n) is 9.67. The molecule has 3 rings (SSSR count). The number of esters is 1. The number of rotatable bonds is 5. The van der Waals surface area contributed by atoms with Crippen LogP contribution in [0.1, 0.15) is 66.2 Å². The van der Waals surface area contributed by atoms with Gasteiger partial charge in [-0.05, 0) is 67.8 Å². The van der Waals surface area contributed by atoms with Crippen LogP contribution in [0.5, 0.6) is 0 Å². The minimum absolute atomic E-state index is 0.116. The molecule has 2 unspecified atom stereocenters.